The van der Waals surface area contributed by atoms with E-state index < -0.39 is 10.0 Å². The van der Waals surface area contributed by atoms with Crippen molar-refractivity contribution in [1.82, 2.24) is 10.6 Å². The van der Waals surface area contributed by atoms with Gasteiger partial charge in [0.25, 0.3) is 0 Å². The molecule has 1 atom stereocenters. The van der Waals surface area contributed by atoms with Crippen molar-refractivity contribution in [2.24, 2.45) is 4.99 Å². The second-order valence-electron chi connectivity index (χ2n) is 6.85. The van der Waals surface area contributed by atoms with Crippen molar-refractivity contribution < 1.29 is 13.2 Å². The molecule has 2 aromatic carbocycles. The van der Waals surface area contributed by atoms with Crippen molar-refractivity contribution in [2.45, 2.75) is 25.8 Å². The number of methoxy groups -OCH3 is 1. The van der Waals surface area contributed by atoms with Crippen molar-refractivity contribution in [3.05, 3.63) is 59.7 Å². The highest BCUT2D eigenvalue weighted by Gasteiger charge is 2.09. The molecule has 0 fully saturated rings. The Labute approximate surface area is 196 Å². The number of hydrogen-bond donors (Lipinski definition) is 3. The standard InChI is InChI=1S/C21H30N4O3S.HI/c1-16(17-9-11-19(28-3)12-10-17)13-14-23-21(22-2)24-15-18-7-5-6-8-20(18)25-29(4,26)27;/h5-12,16,25H,13-15H2,1-4H3,(H2,22,23,24);1H. The smallest absolute Gasteiger partial charge is 0.229 e. The molecular weight excluding hydrogens is 515 g/mol. The first-order chi connectivity index (χ1) is 13.8. The summed E-state index contributed by atoms with van der Waals surface area (Å²) in [5.74, 6) is 1.92. The fourth-order valence-corrected chi connectivity index (χ4v) is 3.48. The van der Waals surface area contributed by atoms with E-state index >= 15 is 0 Å². The predicted molar refractivity (Wildman–Crippen MR) is 135 cm³/mol. The van der Waals surface area contributed by atoms with Gasteiger partial charge in [0.1, 0.15) is 5.75 Å². The van der Waals surface area contributed by atoms with Gasteiger partial charge in [-0.15, -0.1) is 24.0 Å². The zero-order valence-electron chi connectivity index (χ0n) is 17.8. The Hall–Kier alpha value is -2.01. The monoisotopic (exact) mass is 546 g/mol. The van der Waals surface area contributed by atoms with Gasteiger partial charge in [-0.1, -0.05) is 37.3 Å². The lowest BCUT2D eigenvalue weighted by Crippen LogP contribution is -2.37. The zero-order chi connectivity index (χ0) is 21.3. The maximum absolute atomic E-state index is 11.5. The summed E-state index contributed by atoms with van der Waals surface area (Å²) in [7, 11) is 0.0446. The third kappa shape index (κ3) is 8.78. The van der Waals surface area contributed by atoms with E-state index in [0.717, 1.165) is 30.5 Å². The highest BCUT2D eigenvalue weighted by atomic mass is 127. The van der Waals surface area contributed by atoms with E-state index in [2.05, 4.69) is 39.4 Å². The van der Waals surface area contributed by atoms with Crippen LogP contribution in [-0.4, -0.2) is 41.3 Å². The molecular formula is C21H31IN4O3S. The van der Waals surface area contributed by atoms with Crippen molar-refractivity contribution in [2.75, 3.05) is 31.7 Å². The Bertz CT molecular complexity index is 918. The summed E-state index contributed by atoms with van der Waals surface area (Å²) < 4.78 is 30.8. The van der Waals surface area contributed by atoms with Crippen LogP contribution in [-0.2, 0) is 16.6 Å². The van der Waals surface area contributed by atoms with Crippen LogP contribution in [0.5, 0.6) is 5.75 Å². The van der Waals surface area contributed by atoms with Gasteiger partial charge in [-0.05, 0) is 41.7 Å². The molecule has 0 aliphatic heterocycles. The van der Waals surface area contributed by atoms with Gasteiger partial charge in [-0.3, -0.25) is 9.71 Å². The molecule has 3 N–H and O–H groups in total. The second-order valence-corrected chi connectivity index (χ2v) is 8.60. The van der Waals surface area contributed by atoms with Gasteiger partial charge in [0.05, 0.1) is 19.1 Å². The highest BCUT2D eigenvalue weighted by molar-refractivity contribution is 14.0. The van der Waals surface area contributed by atoms with Crippen LogP contribution in [0.3, 0.4) is 0 Å². The lowest BCUT2D eigenvalue weighted by atomic mass is 9.98. The minimum atomic E-state index is -3.33. The molecule has 0 bridgehead atoms. The minimum absolute atomic E-state index is 0. The Morgan fingerprint density at radius 3 is 2.37 bits per heavy atom. The SMILES string of the molecule is CN=C(NCCC(C)c1ccc(OC)cc1)NCc1ccccc1NS(C)(=O)=O.I. The minimum Gasteiger partial charge on any atom is -0.497 e. The van der Waals surface area contributed by atoms with Crippen molar-refractivity contribution >= 4 is 45.6 Å². The zero-order valence-corrected chi connectivity index (χ0v) is 21.0. The molecule has 0 saturated carbocycles. The number of guanidine groups is 1. The summed E-state index contributed by atoms with van der Waals surface area (Å²) in [5.41, 5.74) is 2.66. The molecule has 0 amide bonds. The number of nitrogens with one attached hydrogen (secondary N) is 3. The third-order valence-electron chi connectivity index (χ3n) is 4.54. The first kappa shape index (κ1) is 26.0. The number of nitrogens with zero attached hydrogens (tertiary/aromatic N) is 1. The van der Waals surface area contributed by atoms with Gasteiger partial charge >= 0.3 is 0 Å². The van der Waals surface area contributed by atoms with Crippen LogP contribution < -0.4 is 20.1 Å². The van der Waals surface area contributed by atoms with Gasteiger partial charge in [0.2, 0.25) is 10.0 Å². The normalized spacial score (nSPS) is 12.5. The van der Waals surface area contributed by atoms with Crippen LogP contribution in [0.15, 0.2) is 53.5 Å². The number of rotatable bonds is 9. The number of benzene rings is 2. The van der Waals surface area contributed by atoms with Crippen LogP contribution in [0, 0.1) is 0 Å². The molecule has 0 aliphatic carbocycles. The lowest BCUT2D eigenvalue weighted by molar-refractivity contribution is 0.414. The first-order valence-electron chi connectivity index (χ1n) is 9.46. The summed E-state index contributed by atoms with van der Waals surface area (Å²) in [6.45, 7) is 3.40. The Kier molecular flexibility index (Phi) is 11.0. The van der Waals surface area contributed by atoms with E-state index in [0.29, 0.717) is 24.1 Å². The van der Waals surface area contributed by atoms with E-state index in [4.69, 9.17) is 4.74 Å². The molecule has 7 nitrogen and oxygen atoms in total. The van der Waals surface area contributed by atoms with Crippen molar-refractivity contribution in [3.63, 3.8) is 0 Å². The van der Waals surface area contributed by atoms with Crippen LogP contribution >= 0.6 is 24.0 Å². The predicted octanol–water partition coefficient (Wildman–Crippen LogP) is 3.54. The maximum atomic E-state index is 11.5. The number of anilines is 1. The molecule has 0 spiro atoms. The van der Waals surface area contributed by atoms with Gasteiger partial charge in [-0.25, -0.2) is 8.42 Å². The first-order valence-corrected chi connectivity index (χ1v) is 11.4. The van der Waals surface area contributed by atoms with E-state index in [9.17, 15) is 8.42 Å². The van der Waals surface area contributed by atoms with Gasteiger partial charge in [0, 0.05) is 20.1 Å². The largest absolute Gasteiger partial charge is 0.497 e. The molecule has 166 valence electrons. The average molecular weight is 546 g/mol. The summed E-state index contributed by atoms with van der Waals surface area (Å²) in [5, 5.41) is 6.53. The highest BCUT2D eigenvalue weighted by Crippen LogP contribution is 2.21. The number of hydrogen-bond acceptors (Lipinski definition) is 4. The van der Waals surface area contributed by atoms with Crippen LogP contribution in [0.2, 0.25) is 0 Å². The molecule has 0 saturated heterocycles. The second kappa shape index (κ2) is 12.6. The Morgan fingerprint density at radius 2 is 1.77 bits per heavy atom. The molecule has 0 aliphatic rings. The summed E-state index contributed by atoms with van der Waals surface area (Å²) in [4.78, 5) is 4.24. The molecule has 0 radical (unpaired) electrons. The lowest BCUT2D eigenvalue weighted by Gasteiger charge is -2.16. The molecule has 0 aromatic heterocycles. The molecule has 1 unspecified atom stereocenters. The van der Waals surface area contributed by atoms with Crippen LogP contribution in [0.1, 0.15) is 30.4 Å². The molecule has 0 heterocycles. The number of halogens is 1. The molecule has 2 rings (SSSR count). The summed E-state index contributed by atoms with van der Waals surface area (Å²) in [6.07, 6.45) is 2.08. The Balaban J connectivity index is 0.00000450. The van der Waals surface area contributed by atoms with Crippen molar-refractivity contribution in [3.8, 4) is 5.75 Å². The van der Waals surface area contributed by atoms with Crippen LogP contribution in [0.25, 0.3) is 0 Å². The van der Waals surface area contributed by atoms with Gasteiger partial charge in [0.15, 0.2) is 5.96 Å². The van der Waals surface area contributed by atoms with Crippen LogP contribution in [0.4, 0.5) is 5.69 Å². The summed E-state index contributed by atoms with van der Waals surface area (Å²) in [6, 6.07) is 15.4. The summed E-state index contributed by atoms with van der Waals surface area (Å²) >= 11 is 0. The Morgan fingerprint density at radius 1 is 1.10 bits per heavy atom. The average Bonchev–Trinajstić information content (AvgIpc) is 2.70. The fraction of sp³-hybridized carbons (Fsp3) is 0.381. The quantitative estimate of drug-likeness (QED) is 0.254. The number of ether oxygens (including phenoxy) is 1. The van der Waals surface area contributed by atoms with E-state index in [-0.39, 0.29) is 24.0 Å². The van der Waals surface area contributed by atoms with E-state index in [1.165, 1.54) is 5.56 Å². The number of sulfonamides is 1. The van der Waals surface area contributed by atoms with E-state index in [1.54, 1.807) is 26.3 Å². The third-order valence-corrected chi connectivity index (χ3v) is 5.13. The topological polar surface area (TPSA) is 91.8 Å². The number of para-hydroxylation sites is 1. The fourth-order valence-electron chi connectivity index (χ4n) is 2.88. The van der Waals surface area contributed by atoms with E-state index in [1.807, 2.05) is 24.3 Å². The maximum Gasteiger partial charge on any atom is 0.229 e. The van der Waals surface area contributed by atoms with Gasteiger partial charge < -0.3 is 15.4 Å². The molecule has 2 aromatic rings. The number of aliphatic imine (C=N–C) groups is 1. The molecule has 30 heavy (non-hydrogen) atoms. The van der Waals surface area contributed by atoms with Crippen molar-refractivity contribution in [1.29, 1.82) is 0 Å². The molecule has 9 heteroatoms. The van der Waals surface area contributed by atoms with Gasteiger partial charge in [-0.2, -0.15) is 0 Å².